The zero-order chi connectivity index (χ0) is 11.3. The van der Waals surface area contributed by atoms with Gasteiger partial charge in [0.1, 0.15) is 12.0 Å². The molecule has 0 aromatic carbocycles. The molecule has 0 spiro atoms. The standard InChI is InChI=1S/C9H11N3O2S/c10-9-7(3-1-2-4-15)5-8(6-11-9)12(13)14/h1,3,5-6,15H,2,4H2,(H2,10,11). The lowest BCUT2D eigenvalue weighted by atomic mass is 10.2. The fraction of sp³-hybridized carbons (Fsp3) is 0.222. The number of allylic oxidation sites excluding steroid dienone is 1. The SMILES string of the molecule is Nc1ncc([N+](=O)[O-])cc1C=CCCS. The highest BCUT2D eigenvalue weighted by Crippen LogP contribution is 2.18. The fourth-order valence-electron chi connectivity index (χ4n) is 0.999. The van der Waals surface area contributed by atoms with Gasteiger partial charge in [-0.25, -0.2) is 4.98 Å². The second kappa shape index (κ2) is 5.35. The molecule has 80 valence electrons. The Labute approximate surface area is 92.6 Å². The molecule has 0 saturated carbocycles. The molecule has 0 atom stereocenters. The van der Waals surface area contributed by atoms with Crippen LogP contribution in [-0.4, -0.2) is 15.7 Å². The van der Waals surface area contributed by atoms with Crippen molar-refractivity contribution >= 4 is 30.2 Å². The van der Waals surface area contributed by atoms with Gasteiger partial charge in [0.25, 0.3) is 5.69 Å². The Bertz CT molecular complexity index is 393. The Kier molecular flexibility index (Phi) is 4.11. The molecule has 1 rings (SSSR count). The topological polar surface area (TPSA) is 82.0 Å². The predicted octanol–water partition coefficient (Wildman–Crippen LogP) is 1.91. The summed E-state index contributed by atoms with van der Waals surface area (Å²) < 4.78 is 0. The van der Waals surface area contributed by atoms with Crippen molar-refractivity contribution in [2.75, 3.05) is 11.5 Å². The minimum atomic E-state index is -0.498. The largest absolute Gasteiger partial charge is 0.383 e. The van der Waals surface area contributed by atoms with Crippen molar-refractivity contribution in [3.63, 3.8) is 0 Å². The van der Waals surface area contributed by atoms with Gasteiger partial charge in [-0.2, -0.15) is 12.6 Å². The number of pyridine rings is 1. The number of aromatic nitrogens is 1. The first-order valence-electron chi connectivity index (χ1n) is 4.32. The number of nitro groups is 1. The predicted molar refractivity (Wildman–Crippen MR) is 62.8 cm³/mol. The fourth-order valence-corrected chi connectivity index (χ4v) is 1.15. The lowest BCUT2D eigenvalue weighted by Crippen LogP contribution is -1.96. The van der Waals surface area contributed by atoms with Crippen molar-refractivity contribution in [2.45, 2.75) is 6.42 Å². The van der Waals surface area contributed by atoms with Gasteiger partial charge in [-0.15, -0.1) is 0 Å². The summed E-state index contributed by atoms with van der Waals surface area (Å²) in [5.74, 6) is 1.01. The Morgan fingerprint density at radius 2 is 2.40 bits per heavy atom. The maximum atomic E-state index is 10.5. The van der Waals surface area contributed by atoms with Gasteiger partial charge in [0.2, 0.25) is 0 Å². The summed E-state index contributed by atoms with van der Waals surface area (Å²) in [5, 5.41) is 10.5. The molecule has 0 unspecified atom stereocenters. The van der Waals surface area contributed by atoms with Crippen molar-refractivity contribution in [1.29, 1.82) is 0 Å². The van der Waals surface area contributed by atoms with E-state index in [9.17, 15) is 10.1 Å². The van der Waals surface area contributed by atoms with E-state index in [0.29, 0.717) is 5.56 Å². The van der Waals surface area contributed by atoms with Gasteiger partial charge < -0.3 is 5.73 Å². The number of hydrogen-bond acceptors (Lipinski definition) is 5. The molecular formula is C9H11N3O2S. The molecule has 6 heteroatoms. The molecule has 1 heterocycles. The Morgan fingerprint density at radius 1 is 1.67 bits per heavy atom. The number of nitrogens with zero attached hydrogens (tertiary/aromatic N) is 2. The van der Waals surface area contributed by atoms with Crippen molar-refractivity contribution in [3.05, 3.63) is 34.0 Å². The molecule has 1 aromatic rings. The molecule has 0 radical (unpaired) electrons. The molecule has 0 aliphatic carbocycles. The van der Waals surface area contributed by atoms with Crippen LogP contribution in [0.1, 0.15) is 12.0 Å². The second-order valence-electron chi connectivity index (χ2n) is 2.84. The molecule has 0 aliphatic rings. The first-order chi connectivity index (χ1) is 7.15. The molecule has 2 N–H and O–H groups in total. The van der Waals surface area contributed by atoms with Crippen LogP contribution in [0.4, 0.5) is 11.5 Å². The highest BCUT2D eigenvalue weighted by atomic mass is 32.1. The quantitative estimate of drug-likeness (QED) is 0.466. The minimum Gasteiger partial charge on any atom is -0.383 e. The molecule has 0 saturated heterocycles. The number of hydrogen-bond donors (Lipinski definition) is 2. The van der Waals surface area contributed by atoms with Crippen LogP contribution in [0.2, 0.25) is 0 Å². The third kappa shape index (κ3) is 3.25. The van der Waals surface area contributed by atoms with Gasteiger partial charge in [-0.1, -0.05) is 12.2 Å². The summed E-state index contributed by atoms with van der Waals surface area (Å²) in [6.45, 7) is 0. The number of nitrogen functional groups attached to an aromatic ring is 1. The van der Waals surface area contributed by atoms with Crippen LogP contribution in [0.3, 0.4) is 0 Å². The molecule has 5 nitrogen and oxygen atoms in total. The molecule has 0 amide bonds. The zero-order valence-electron chi connectivity index (χ0n) is 7.96. The van der Waals surface area contributed by atoms with Crippen LogP contribution >= 0.6 is 12.6 Å². The number of anilines is 1. The van der Waals surface area contributed by atoms with Gasteiger partial charge in [0.05, 0.1) is 4.92 Å². The first-order valence-corrected chi connectivity index (χ1v) is 4.95. The van der Waals surface area contributed by atoms with Crippen LogP contribution in [0.5, 0.6) is 0 Å². The summed E-state index contributed by atoms with van der Waals surface area (Å²) in [6.07, 6.45) is 5.49. The van der Waals surface area contributed by atoms with Crippen LogP contribution < -0.4 is 5.73 Å². The summed E-state index contributed by atoms with van der Waals surface area (Å²) in [7, 11) is 0. The normalized spacial score (nSPS) is 10.7. The average molecular weight is 225 g/mol. The van der Waals surface area contributed by atoms with Crippen molar-refractivity contribution in [3.8, 4) is 0 Å². The molecule has 0 aliphatic heterocycles. The third-order valence-corrected chi connectivity index (χ3v) is 2.00. The van der Waals surface area contributed by atoms with E-state index < -0.39 is 4.92 Å². The van der Waals surface area contributed by atoms with E-state index in [4.69, 9.17) is 5.73 Å². The lowest BCUT2D eigenvalue weighted by molar-refractivity contribution is -0.385. The minimum absolute atomic E-state index is 0.0604. The average Bonchev–Trinajstić information content (AvgIpc) is 2.20. The zero-order valence-corrected chi connectivity index (χ0v) is 8.85. The van der Waals surface area contributed by atoms with E-state index >= 15 is 0 Å². The summed E-state index contributed by atoms with van der Waals surface area (Å²) in [6, 6.07) is 1.40. The van der Waals surface area contributed by atoms with E-state index in [1.807, 2.05) is 6.08 Å². The highest BCUT2D eigenvalue weighted by Gasteiger charge is 2.08. The van der Waals surface area contributed by atoms with Gasteiger partial charge in [-0.3, -0.25) is 10.1 Å². The lowest BCUT2D eigenvalue weighted by Gasteiger charge is -1.98. The highest BCUT2D eigenvalue weighted by molar-refractivity contribution is 7.80. The van der Waals surface area contributed by atoms with Crippen molar-refractivity contribution < 1.29 is 4.92 Å². The number of rotatable bonds is 4. The number of thiol groups is 1. The molecular weight excluding hydrogens is 214 g/mol. The molecule has 1 aromatic heterocycles. The van der Waals surface area contributed by atoms with E-state index in [0.717, 1.165) is 18.4 Å². The van der Waals surface area contributed by atoms with Crippen LogP contribution in [0.25, 0.3) is 6.08 Å². The maximum Gasteiger partial charge on any atom is 0.288 e. The number of nitrogens with two attached hydrogens (primary N) is 1. The van der Waals surface area contributed by atoms with Gasteiger partial charge in [0.15, 0.2) is 0 Å². The van der Waals surface area contributed by atoms with Gasteiger partial charge in [-0.05, 0) is 12.2 Å². The third-order valence-electron chi connectivity index (χ3n) is 1.74. The maximum absolute atomic E-state index is 10.5. The van der Waals surface area contributed by atoms with E-state index in [1.54, 1.807) is 6.08 Å². The monoisotopic (exact) mass is 225 g/mol. The van der Waals surface area contributed by atoms with Crippen molar-refractivity contribution in [1.82, 2.24) is 4.98 Å². The van der Waals surface area contributed by atoms with Crippen LogP contribution in [-0.2, 0) is 0 Å². The Morgan fingerprint density at radius 3 is 3.00 bits per heavy atom. The van der Waals surface area contributed by atoms with E-state index in [1.165, 1.54) is 6.07 Å². The molecule has 15 heavy (non-hydrogen) atoms. The smallest absolute Gasteiger partial charge is 0.288 e. The van der Waals surface area contributed by atoms with Gasteiger partial charge >= 0.3 is 0 Å². The summed E-state index contributed by atoms with van der Waals surface area (Å²) in [4.78, 5) is 13.7. The summed E-state index contributed by atoms with van der Waals surface area (Å²) >= 11 is 4.04. The molecule has 0 fully saturated rings. The second-order valence-corrected chi connectivity index (χ2v) is 3.29. The van der Waals surface area contributed by atoms with Crippen LogP contribution in [0.15, 0.2) is 18.3 Å². The first kappa shape index (κ1) is 11.5. The summed E-state index contributed by atoms with van der Waals surface area (Å²) in [5.41, 5.74) is 6.07. The van der Waals surface area contributed by atoms with E-state index in [2.05, 4.69) is 17.6 Å². The van der Waals surface area contributed by atoms with Gasteiger partial charge in [0, 0.05) is 11.6 Å². The molecule has 0 bridgehead atoms. The Balaban J connectivity index is 2.95. The van der Waals surface area contributed by atoms with Crippen molar-refractivity contribution in [2.24, 2.45) is 0 Å². The van der Waals surface area contributed by atoms with E-state index in [-0.39, 0.29) is 11.5 Å². The Hall–Kier alpha value is -1.56. The van der Waals surface area contributed by atoms with Crippen LogP contribution in [0, 0.1) is 10.1 Å².